The molecule has 0 N–H and O–H groups in total. The normalized spacial score (nSPS) is 29.4. The van der Waals surface area contributed by atoms with Crippen LogP contribution in [-0.2, 0) is 9.53 Å². The first-order chi connectivity index (χ1) is 9.15. The number of fused-ring (bicyclic) bond motifs is 2. The molecule has 1 amide bonds. The Labute approximate surface area is 112 Å². The zero-order valence-corrected chi connectivity index (χ0v) is 11.2. The lowest BCUT2D eigenvalue weighted by atomic mass is 9.99. The maximum atomic E-state index is 12.1. The van der Waals surface area contributed by atoms with E-state index in [0.717, 1.165) is 18.9 Å². The molecule has 3 rings (SSSR count). The molecular weight excluding hydrogens is 244 g/mol. The fourth-order valence-corrected chi connectivity index (χ4v) is 2.87. The molecule has 0 aliphatic carbocycles. The van der Waals surface area contributed by atoms with Crippen LogP contribution in [0.25, 0.3) is 0 Å². The van der Waals surface area contributed by atoms with Crippen LogP contribution in [0.1, 0.15) is 6.42 Å². The Balaban J connectivity index is 1.75. The summed E-state index contributed by atoms with van der Waals surface area (Å²) in [6.07, 6.45) is 4.34. The van der Waals surface area contributed by atoms with Crippen molar-refractivity contribution < 1.29 is 9.53 Å². The molecule has 2 aliphatic rings. The predicted molar refractivity (Wildman–Crippen MR) is 69.7 cm³/mol. The van der Waals surface area contributed by atoms with Crippen LogP contribution < -0.4 is 4.90 Å². The summed E-state index contributed by atoms with van der Waals surface area (Å²) in [5, 5.41) is 0. The number of carbonyl (C=O) groups excluding carboxylic acids is 1. The maximum absolute atomic E-state index is 12.1. The van der Waals surface area contributed by atoms with Crippen LogP contribution in [-0.4, -0.2) is 60.2 Å². The van der Waals surface area contributed by atoms with E-state index in [4.69, 9.17) is 4.74 Å². The van der Waals surface area contributed by atoms with E-state index >= 15 is 0 Å². The molecule has 3 atom stereocenters. The third-order valence-corrected chi connectivity index (χ3v) is 3.75. The van der Waals surface area contributed by atoms with E-state index in [9.17, 15) is 4.79 Å². The van der Waals surface area contributed by atoms with Crippen LogP contribution in [0.4, 0.5) is 5.95 Å². The molecule has 19 heavy (non-hydrogen) atoms. The minimum Gasteiger partial charge on any atom is -0.370 e. The van der Waals surface area contributed by atoms with E-state index in [-0.39, 0.29) is 24.0 Å². The summed E-state index contributed by atoms with van der Waals surface area (Å²) >= 11 is 0. The Hall–Kier alpha value is -1.69. The van der Waals surface area contributed by atoms with Crippen molar-refractivity contribution in [2.75, 3.05) is 32.1 Å². The van der Waals surface area contributed by atoms with E-state index < -0.39 is 0 Å². The van der Waals surface area contributed by atoms with Crippen molar-refractivity contribution in [1.29, 1.82) is 0 Å². The molecule has 6 nitrogen and oxygen atoms in total. The van der Waals surface area contributed by atoms with Crippen molar-refractivity contribution in [1.82, 2.24) is 14.9 Å². The monoisotopic (exact) mass is 262 g/mol. The lowest BCUT2D eigenvalue weighted by molar-refractivity contribution is -0.134. The second-order valence-electron chi connectivity index (χ2n) is 5.33. The fraction of sp³-hybridized carbons (Fsp3) is 0.615. The first kappa shape index (κ1) is 12.3. The number of aromatic nitrogens is 2. The van der Waals surface area contributed by atoms with Crippen LogP contribution in [0, 0.1) is 5.92 Å². The molecule has 102 valence electrons. The number of morpholine rings is 1. The highest BCUT2D eigenvalue weighted by molar-refractivity contribution is 5.79. The zero-order chi connectivity index (χ0) is 13.4. The summed E-state index contributed by atoms with van der Waals surface area (Å²) in [4.78, 5) is 24.4. The van der Waals surface area contributed by atoms with Crippen molar-refractivity contribution in [3.8, 4) is 0 Å². The Kier molecular flexibility index (Phi) is 3.10. The summed E-state index contributed by atoms with van der Waals surface area (Å²) in [7, 11) is 3.59. The quantitative estimate of drug-likeness (QED) is 0.760. The van der Waals surface area contributed by atoms with E-state index in [0.29, 0.717) is 6.54 Å². The number of carbonyl (C=O) groups is 1. The molecular formula is C13H18N4O2. The molecule has 0 unspecified atom stereocenters. The standard InChI is InChI=1S/C13H18N4O2/c1-16(2)12(18)10-6-9-7-17(8-11(10)19-9)13-14-4-3-5-15-13/h3-5,9-11H,6-8H2,1-2H3/t9-,10+,11-/m1/s1. The van der Waals surface area contributed by atoms with Gasteiger partial charge in [0.2, 0.25) is 11.9 Å². The molecule has 2 fully saturated rings. The molecule has 0 saturated carbocycles. The average molecular weight is 262 g/mol. The van der Waals surface area contributed by atoms with Crippen LogP contribution in [0.5, 0.6) is 0 Å². The molecule has 2 saturated heterocycles. The highest BCUT2D eigenvalue weighted by Gasteiger charge is 2.45. The summed E-state index contributed by atoms with van der Waals surface area (Å²) < 4.78 is 5.89. The van der Waals surface area contributed by atoms with Gasteiger partial charge < -0.3 is 14.5 Å². The second-order valence-corrected chi connectivity index (χ2v) is 5.33. The third kappa shape index (κ3) is 2.28. The van der Waals surface area contributed by atoms with Gasteiger partial charge in [-0.2, -0.15) is 0 Å². The van der Waals surface area contributed by atoms with Gasteiger partial charge >= 0.3 is 0 Å². The number of anilines is 1. The lowest BCUT2D eigenvalue weighted by Crippen LogP contribution is -2.46. The first-order valence-corrected chi connectivity index (χ1v) is 6.53. The highest BCUT2D eigenvalue weighted by Crippen LogP contribution is 2.33. The minimum atomic E-state index is -0.0440. The van der Waals surface area contributed by atoms with Gasteiger partial charge in [0.25, 0.3) is 0 Å². The Morgan fingerprint density at radius 2 is 2.11 bits per heavy atom. The number of hydrogen-bond donors (Lipinski definition) is 0. The number of rotatable bonds is 2. The molecule has 0 radical (unpaired) electrons. The van der Waals surface area contributed by atoms with Gasteiger partial charge in [-0.1, -0.05) is 0 Å². The number of ether oxygens (including phenoxy) is 1. The summed E-state index contributed by atoms with van der Waals surface area (Å²) in [5.74, 6) is 0.843. The van der Waals surface area contributed by atoms with Crippen LogP contribution in [0.2, 0.25) is 0 Å². The van der Waals surface area contributed by atoms with Crippen LogP contribution >= 0.6 is 0 Å². The average Bonchev–Trinajstić information content (AvgIpc) is 2.73. The van der Waals surface area contributed by atoms with Crippen molar-refractivity contribution in [2.24, 2.45) is 5.92 Å². The molecule has 1 aromatic heterocycles. The first-order valence-electron chi connectivity index (χ1n) is 6.53. The molecule has 2 bridgehead atoms. The molecule has 0 aromatic carbocycles. The largest absolute Gasteiger partial charge is 0.370 e. The topological polar surface area (TPSA) is 58.6 Å². The van der Waals surface area contributed by atoms with E-state index in [2.05, 4.69) is 14.9 Å². The molecule has 1 aromatic rings. The molecule has 0 spiro atoms. The molecule has 3 heterocycles. The van der Waals surface area contributed by atoms with Gasteiger partial charge in [0.05, 0.1) is 18.1 Å². The summed E-state index contributed by atoms with van der Waals surface area (Å²) in [6, 6.07) is 1.80. The van der Waals surface area contributed by atoms with Gasteiger partial charge in [0.15, 0.2) is 0 Å². The Bertz CT molecular complexity index is 465. The van der Waals surface area contributed by atoms with Gasteiger partial charge in [-0.25, -0.2) is 9.97 Å². The zero-order valence-electron chi connectivity index (χ0n) is 11.2. The number of hydrogen-bond acceptors (Lipinski definition) is 5. The number of amides is 1. The predicted octanol–water partition coefficient (Wildman–Crippen LogP) is 0.158. The summed E-state index contributed by atoms with van der Waals surface area (Å²) in [5.41, 5.74) is 0. The minimum absolute atomic E-state index is 0.0336. The second kappa shape index (κ2) is 4.77. The SMILES string of the molecule is CN(C)C(=O)[C@H]1C[C@@H]2CN(c3ncccn3)C[C@H]1O2. The molecule has 6 heteroatoms. The number of nitrogens with zero attached hydrogens (tertiary/aromatic N) is 4. The third-order valence-electron chi connectivity index (χ3n) is 3.75. The van der Waals surface area contributed by atoms with Gasteiger partial charge in [0, 0.05) is 39.6 Å². The van der Waals surface area contributed by atoms with Gasteiger partial charge in [-0.3, -0.25) is 4.79 Å². The van der Waals surface area contributed by atoms with Crippen LogP contribution in [0.3, 0.4) is 0 Å². The van der Waals surface area contributed by atoms with E-state index in [1.807, 2.05) is 0 Å². The van der Waals surface area contributed by atoms with E-state index in [1.165, 1.54) is 0 Å². The Morgan fingerprint density at radius 3 is 2.79 bits per heavy atom. The van der Waals surface area contributed by atoms with Crippen molar-refractivity contribution in [2.45, 2.75) is 18.6 Å². The van der Waals surface area contributed by atoms with Crippen LogP contribution in [0.15, 0.2) is 18.5 Å². The van der Waals surface area contributed by atoms with Gasteiger partial charge in [-0.05, 0) is 12.5 Å². The van der Waals surface area contributed by atoms with Gasteiger partial charge in [-0.15, -0.1) is 0 Å². The lowest BCUT2D eigenvalue weighted by Gasteiger charge is -2.32. The fourth-order valence-electron chi connectivity index (χ4n) is 2.87. The maximum Gasteiger partial charge on any atom is 0.227 e. The highest BCUT2D eigenvalue weighted by atomic mass is 16.5. The molecule has 2 aliphatic heterocycles. The van der Waals surface area contributed by atoms with Gasteiger partial charge in [0.1, 0.15) is 0 Å². The Morgan fingerprint density at radius 1 is 1.37 bits per heavy atom. The summed E-state index contributed by atoms with van der Waals surface area (Å²) in [6.45, 7) is 1.45. The van der Waals surface area contributed by atoms with Crippen molar-refractivity contribution >= 4 is 11.9 Å². The van der Waals surface area contributed by atoms with Crippen molar-refractivity contribution in [3.63, 3.8) is 0 Å². The van der Waals surface area contributed by atoms with E-state index in [1.54, 1.807) is 37.5 Å². The smallest absolute Gasteiger partial charge is 0.227 e. The van der Waals surface area contributed by atoms with Crippen molar-refractivity contribution in [3.05, 3.63) is 18.5 Å².